The number of hydrogen-bond acceptors (Lipinski definition) is 5. The van der Waals surface area contributed by atoms with Crippen molar-refractivity contribution in [3.63, 3.8) is 0 Å². The van der Waals surface area contributed by atoms with Crippen LogP contribution in [0.5, 0.6) is 0 Å². The van der Waals surface area contributed by atoms with E-state index in [1.165, 1.54) is 18.3 Å². The Balaban J connectivity index is 3.03. The molecule has 4 N–H and O–H groups in total. The molecule has 0 radical (unpaired) electrons. The Morgan fingerprint density at radius 1 is 1.57 bits per heavy atom. The largest absolute Gasteiger partial charge is 0.397 e. The summed E-state index contributed by atoms with van der Waals surface area (Å²) < 4.78 is 0. The number of nitrogens with two attached hydrogens (primary N) is 1. The third kappa shape index (κ3) is 2.12. The van der Waals surface area contributed by atoms with Crippen LogP contribution in [-0.4, -0.2) is 21.3 Å². The fraction of sp³-hybridized carbons (Fsp3) is 0.250. The van der Waals surface area contributed by atoms with E-state index in [1.54, 1.807) is 0 Å². The third-order valence-electron chi connectivity index (χ3n) is 1.63. The van der Waals surface area contributed by atoms with Crippen molar-refractivity contribution in [3.05, 3.63) is 23.0 Å². The molecule has 14 heavy (non-hydrogen) atoms. The van der Waals surface area contributed by atoms with Crippen LogP contribution in [0.3, 0.4) is 0 Å². The highest BCUT2D eigenvalue weighted by atomic mass is 35.5. The van der Waals surface area contributed by atoms with E-state index in [4.69, 9.17) is 27.7 Å². The summed E-state index contributed by atoms with van der Waals surface area (Å²) in [5.41, 5.74) is 5.67. The van der Waals surface area contributed by atoms with Crippen molar-refractivity contribution in [3.8, 4) is 6.07 Å². The van der Waals surface area contributed by atoms with Gasteiger partial charge in [0.05, 0.1) is 22.5 Å². The van der Waals surface area contributed by atoms with Crippen molar-refractivity contribution in [2.45, 2.75) is 12.2 Å². The summed E-state index contributed by atoms with van der Waals surface area (Å²) in [5, 5.41) is 27.1. The third-order valence-corrected chi connectivity index (χ3v) is 1.83. The maximum Gasteiger partial charge on any atom is 0.172 e. The second kappa shape index (κ2) is 4.24. The summed E-state index contributed by atoms with van der Waals surface area (Å²) >= 11 is 5.58. The zero-order valence-electron chi connectivity index (χ0n) is 7.05. The van der Waals surface area contributed by atoms with Gasteiger partial charge in [0.1, 0.15) is 6.10 Å². The first-order valence-corrected chi connectivity index (χ1v) is 4.10. The zero-order valence-corrected chi connectivity index (χ0v) is 7.81. The first-order chi connectivity index (χ1) is 6.56. The van der Waals surface area contributed by atoms with E-state index in [-0.39, 0.29) is 11.4 Å². The number of aliphatic hydroxyl groups is 2. The van der Waals surface area contributed by atoms with Gasteiger partial charge in [0.2, 0.25) is 0 Å². The smallest absolute Gasteiger partial charge is 0.172 e. The van der Waals surface area contributed by atoms with Crippen LogP contribution in [-0.2, 0) is 0 Å². The lowest BCUT2D eigenvalue weighted by Gasteiger charge is -2.12. The maximum atomic E-state index is 9.40. The Morgan fingerprint density at radius 2 is 2.21 bits per heavy atom. The van der Waals surface area contributed by atoms with Crippen molar-refractivity contribution < 1.29 is 10.2 Å². The predicted octanol–water partition coefficient (Wildman–Crippen LogP) is 0.235. The molecule has 74 valence electrons. The summed E-state index contributed by atoms with van der Waals surface area (Å²) in [6, 6.07) is 2.87. The molecule has 2 unspecified atom stereocenters. The van der Waals surface area contributed by atoms with Gasteiger partial charge in [-0.2, -0.15) is 5.26 Å². The minimum Gasteiger partial charge on any atom is -0.397 e. The zero-order chi connectivity index (χ0) is 10.7. The number of aliphatic hydroxyl groups excluding tert-OH is 2. The van der Waals surface area contributed by atoms with Crippen molar-refractivity contribution in [1.82, 2.24) is 4.98 Å². The van der Waals surface area contributed by atoms with Gasteiger partial charge in [-0.15, -0.1) is 0 Å². The highest BCUT2D eigenvalue weighted by molar-refractivity contribution is 6.30. The summed E-state index contributed by atoms with van der Waals surface area (Å²) in [5.74, 6) is 0. The summed E-state index contributed by atoms with van der Waals surface area (Å²) in [4.78, 5) is 3.73. The van der Waals surface area contributed by atoms with E-state index in [2.05, 4.69) is 4.98 Å². The van der Waals surface area contributed by atoms with E-state index in [9.17, 15) is 5.11 Å². The Bertz CT molecular complexity index is 377. The molecule has 5 nitrogen and oxygen atoms in total. The molecular weight excluding hydrogens is 206 g/mol. The Morgan fingerprint density at radius 3 is 2.71 bits per heavy atom. The lowest BCUT2D eigenvalue weighted by Crippen LogP contribution is -2.18. The second-order valence-electron chi connectivity index (χ2n) is 2.65. The van der Waals surface area contributed by atoms with E-state index in [1.807, 2.05) is 0 Å². The molecule has 0 saturated heterocycles. The van der Waals surface area contributed by atoms with Gasteiger partial charge in [0, 0.05) is 6.20 Å². The summed E-state index contributed by atoms with van der Waals surface area (Å²) in [7, 11) is 0. The molecule has 2 atom stereocenters. The monoisotopic (exact) mass is 213 g/mol. The lowest BCUT2D eigenvalue weighted by atomic mass is 10.1. The number of pyridine rings is 1. The minimum atomic E-state index is -1.55. The number of anilines is 1. The highest BCUT2D eigenvalue weighted by Crippen LogP contribution is 2.23. The SMILES string of the molecule is N#CC(O)C(O)c1ncc(Cl)cc1N. The van der Waals surface area contributed by atoms with Crippen LogP contribution in [0.2, 0.25) is 5.02 Å². The number of aromatic nitrogens is 1. The molecular formula is C8H8ClN3O2. The predicted molar refractivity (Wildman–Crippen MR) is 50.2 cm³/mol. The highest BCUT2D eigenvalue weighted by Gasteiger charge is 2.21. The number of halogens is 1. The van der Waals surface area contributed by atoms with Crippen LogP contribution in [0.1, 0.15) is 11.8 Å². The average molecular weight is 214 g/mol. The number of hydrogen-bond donors (Lipinski definition) is 3. The first kappa shape index (κ1) is 10.7. The van der Waals surface area contributed by atoms with Crippen molar-refractivity contribution in [1.29, 1.82) is 5.26 Å². The topological polar surface area (TPSA) is 103 Å². The van der Waals surface area contributed by atoms with Crippen LogP contribution in [0, 0.1) is 11.3 Å². The van der Waals surface area contributed by atoms with Crippen molar-refractivity contribution in [2.75, 3.05) is 5.73 Å². The lowest BCUT2D eigenvalue weighted by molar-refractivity contribution is 0.0504. The fourth-order valence-corrected chi connectivity index (χ4v) is 1.10. The molecule has 1 rings (SSSR count). The van der Waals surface area contributed by atoms with Gasteiger partial charge in [0.25, 0.3) is 0 Å². The summed E-state index contributed by atoms with van der Waals surface area (Å²) in [6.45, 7) is 0. The summed E-state index contributed by atoms with van der Waals surface area (Å²) in [6.07, 6.45) is -1.69. The fourth-order valence-electron chi connectivity index (χ4n) is 0.933. The normalized spacial score (nSPS) is 14.4. The quantitative estimate of drug-likeness (QED) is 0.611. The van der Waals surface area contributed by atoms with Gasteiger partial charge < -0.3 is 15.9 Å². The van der Waals surface area contributed by atoms with Crippen molar-refractivity contribution >= 4 is 17.3 Å². The number of nitriles is 1. The Labute approximate surface area is 85.4 Å². The molecule has 0 aliphatic rings. The molecule has 0 aromatic carbocycles. The van der Waals surface area contributed by atoms with Crippen LogP contribution in [0.25, 0.3) is 0 Å². The molecule has 0 spiro atoms. The Hall–Kier alpha value is -1.35. The number of nitrogens with zero attached hydrogens (tertiary/aromatic N) is 2. The van der Waals surface area contributed by atoms with E-state index in [0.717, 1.165) is 0 Å². The van der Waals surface area contributed by atoms with Gasteiger partial charge in [-0.05, 0) is 6.07 Å². The minimum absolute atomic E-state index is 0.0449. The number of rotatable bonds is 2. The second-order valence-corrected chi connectivity index (χ2v) is 3.08. The molecule has 1 aromatic heterocycles. The molecule has 0 bridgehead atoms. The Kier molecular flexibility index (Phi) is 3.25. The van der Waals surface area contributed by atoms with Gasteiger partial charge in [-0.1, -0.05) is 11.6 Å². The maximum absolute atomic E-state index is 9.40. The molecule has 0 aliphatic heterocycles. The molecule has 0 amide bonds. The van der Waals surface area contributed by atoms with Gasteiger partial charge >= 0.3 is 0 Å². The van der Waals surface area contributed by atoms with Crippen LogP contribution in [0.15, 0.2) is 12.3 Å². The molecule has 6 heteroatoms. The van der Waals surface area contributed by atoms with Gasteiger partial charge in [-0.25, -0.2) is 0 Å². The van der Waals surface area contributed by atoms with Crippen LogP contribution < -0.4 is 5.73 Å². The van der Waals surface area contributed by atoms with Crippen LogP contribution >= 0.6 is 11.6 Å². The molecule has 1 heterocycles. The van der Waals surface area contributed by atoms with Crippen molar-refractivity contribution in [2.24, 2.45) is 0 Å². The van der Waals surface area contributed by atoms with Crippen LogP contribution in [0.4, 0.5) is 5.69 Å². The molecule has 1 aromatic rings. The van der Waals surface area contributed by atoms with E-state index in [0.29, 0.717) is 5.02 Å². The van der Waals surface area contributed by atoms with E-state index >= 15 is 0 Å². The molecule has 0 saturated carbocycles. The molecule has 0 fully saturated rings. The van der Waals surface area contributed by atoms with E-state index < -0.39 is 12.2 Å². The average Bonchev–Trinajstić information content (AvgIpc) is 2.15. The molecule has 0 aliphatic carbocycles. The van der Waals surface area contributed by atoms with Gasteiger partial charge in [0.15, 0.2) is 6.10 Å². The van der Waals surface area contributed by atoms with Gasteiger partial charge in [-0.3, -0.25) is 4.98 Å². The number of nitrogen functional groups attached to an aromatic ring is 1. The first-order valence-electron chi connectivity index (χ1n) is 3.73. The standard InChI is InChI=1S/C8H8ClN3O2/c9-4-1-5(11)7(12-3-4)8(14)6(13)2-10/h1,3,6,8,13-14H,11H2.